The Morgan fingerprint density at radius 2 is 1.08 bits per heavy atom. The maximum atomic E-state index is 11.4. The number of hydrogen-bond acceptors (Lipinski definition) is 8. The molecule has 264 valence electrons. The monoisotopic (exact) mass is 722 g/mol. The number of carbonyl (C=O) groups excluding carboxylic acids is 1. The number of thioether (sulfide) groups is 1. The van der Waals surface area contributed by atoms with Crippen LogP contribution in [-0.4, -0.2) is 66.6 Å². The molecule has 51 heavy (non-hydrogen) atoms. The molecule has 0 aliphatic carbocycles. The summed E-state index contributed by atoms with van der Waals surface area (Å²) in [6, 6.07) is 7.79. The molecule has 0 bridgehead atoms. The molecule has 0 spiro atoms. The third-order valence-electron chi connectivity index (χ3n) is 8.52. The second-order valence-electron chi connectivity index (χ2n) is 12.1. The lowest BCUT2D eigenvalue weighted by Crippen LogP contribution is -1.96. The minimum Gasteiger partial charge on any atom is -0.346 e. The summed E-state index contributed by atoms with van der Waals surface area (Å²) in [6.07, 6.45) is 18.7. The van der Waals surface area contributed by atoms with Gasteiger partial charge in [0.05, 0.1) is 4.90 Å². The summed E-state index contributed by atoms with van der Waals surface area (Å²) in [5.41, 5.74) is 10.1. The van der Waals surface area contributed by atoms with E-state index in [1.54, 1.807) is 43.3 Å². The second kappa shape index (κ2) is 15.7. The van der Waals surface area contributed by atoms with Gasteiger partial charge < -0.3 is 19.9 Å². The van der Waals surface area contributed by atoms with Gasteiger partial charge in [-0.3, -0.25) is 4.79 Å². The van der Waals surface area contributed by atoms with E-state index in [9.17, 15) is 13.2 Å². The van der Waals surface area contributed by atoms with Gasteiger partial charge in [-0.05, 0) is 99.4 Å². The van der Waals surface area contributed by atoms with Crippen molar-refractivity contribution in [2.45, 2.75) is 57.8 Å². The SMILES string of the molecule is CC(=O)c1c[nH]c2nccc(C)c12.CCc1c[nH]c2nccc(C)c12.CSc1c[nH]c2nccc(C)c12.Cc1ccnc2[nH]cc(S(C)(=O)=O)c12. The van der Waals surface area contributed by atoms with Crippen LogP contribution < -0.4 is 0 Å². The Kier molecular flexibility index (Phi) is 11.4. The van der Waals surface area contributed by atoms with Crippen LogP contribution >= 0.6 is 11.8 Å². The van der Waals surface area contributed by atoms with Crippen molar-refractivity contribution in [3.05, 3.63) is 107 Å². The number of sulfone groups is 1. The molecule has 0 saturated carbocycles. The first kappa shape index (κ1) is 37.0. The van der Waals surface area contributed by atoms with Gasteiger partial charge in [-0.25, -0.2) is 28.4 Å². The summed E-state index contributed by atoms with van der Waals surface area (Å²) >= 11 is 1.75. The van der Waals surface area contributed by atoms with Crippen LogP contribution in [-0.2, 0) is 16.3 Å². The Hall–Kier alpha value is -5.27. The van der Waals surface area contributed by atoms with Crippen molar-refractivity contribution in [1.82, 2.24) is 39.9 Å². The number of hydrogen-bond donors (Lipinski definition) is 4. The molecule has 11 nitrogen and oxygen atoms in total. The molecule has 8 rings (SSSR count). The number of ketones is 1. The second-order valence-corrected chi connectivity index (χ2v) is 14.9. The predicted molar refractivity (Wildman–Crippen MR) is 208 cm³/mol. The fourth-order valence-corrected chi connectivity index (χ4v) is 7.44. The smallest absolute Gasteiger partial charge is 0.177 e. The number of fused-ring (bicyclic) bond motifs is 4. The molecule has 0 atom stereocenters. The first-order chi connectivity index (χ1) is 24.3. The topological polar surface area (TPSA) is 166 Å². The number of aromatic nitrogens is 8. The van der Waals surface area contributed by atoms with Crippen molar-refractivity contribution in [2.24, 2.45) is 0 Å². The van der Waals surface area contributed by atoms with Crippen molar-refractivity contribution in [2.75, 3.05) is 12.5 Å². The van der Waals surface area contributed by atoms with E-state index in [1.807, 2.05) is 50.8 Å². The summed E-state index contributed by atoms with van der Waals surface area (Å²) in [7, 11) is -3.18. The lowest BCUT2D eigenvalue weighted by atomic mass is 10.1. The standard InChI is InChI=1S/C10H10N2O.C10H12N2.C9H10N2O2S.C9H10N2S/c1-6-3-4-11-10-9(6)8(5-12-10)7(2)13;1-3-8-6-12-10-9(8)7(2)4-5-11-10;1-6-3-4-10-9-8(6)7(5-11-9)14(2,12)13;1-6-3-4-10-9-8(6)7(12-2)5-11-9/h3-5H,1-2H3,(H,11,12);4-6H,3H2,1-2H3,(H,11,12);3-5H,1-2H3,(H,10,11);3-5H,1-2H3,(H,10,11). The number of nitrogens with one attached hydrogen (secondary N) is 4. The molecular formula is C38H42N8O3S2. The average molecular weight is 723 g/mol. The lowest BCUT2D eigenvalue weighted by molar-refractivity contribution is 0.101. The number of nitrogens with zero attached hydrogens (tertiary/aromatic N) is 4. The van der Waals surface area contributed by atoms with E-state index in [2.05, 4.69) is 73.0 Å². The van der Waals surface area contributed by atoms with Crippen LogP contribution in [0.15, 0.2) is 83.6 Å². The van der Waals surface area contributed by atoms with Crippen molar-refractivity contribution >= 4 is 71.5 Å². The van der Waals surface area contributed by atoms with E-state index >= 15 is 0 Å². The summed E-state index contributed by atoms with van der Waals surface area (Å²) in [5, 5.41) is 4.18. The fraction of sp³-hybridized carbons (Fsp3) is 0.237. The largest absolute Gasteiger partial charge is 0.346 e. The van der Waals surface area contributed by atoms with Crippen LogP contribution in [0.25, 0.3) is 44.1 Å². The van der Waals surface area contributed by atoms with Crippen molar-refractivity contribution < 1.29 is 13.2 Å². The van der Waals surface area contributed by atoms with Gasteiger partial charge in [0.15, 0.2) is 15.6 Å². The molecule has 0 aromatic carbocycles. The molecule has 8 aromatic rings. The minimum atomic E-state index is -3.18. The van der Waals surface area contributed by atoms with Gasteiger partial charge in [-0.15, -0.1) is 11.8 Å². The van der Waals surface area contributed by atoms with Gasteiger partial charge in [-0.1, -0.05) is 6.92 Å². The molecule has 8 heterocycles. The van der Waals surface area contributed by atoms with Gasteiger partial charge in [0.1, 0.15) is 22.6 Å². The first-order valence-corrected chi connectivity index (χ1v) is 19.4. The zero-order chi connectivity index (χ0) is 36.9. The van der Waals surface area contributed by atoms with E-state index in [0.717, 1.165) is 45.4 Å². The molecule has 0 saturated heterocycles. The minimum absolute atomic E-state index is 0.0716. The van der Waals surface area contributed by atoms with Crippen LogP contribution in [0.5, 0.6) is 0 Å². The molecule has 4 N–H and O–H groups in total. The number of H-pyrrole nitrogens is 4. The normalized spacial score (nSPS) is 11.1. The Balaban J connectivity index is 0.000000132. The summed E-state index contributed by atoms with van der Waals surface area (Å²) in [4.78, 5) is 41.6. The van der Waals surface area contributed by atoms with Gasteiger partial charge in [0.2, 0.25) is 0 Å². The summed E-state index contributed by atoms with van der Waals surface area (Å²) in [5.74, 6) is 0.0716. The molecule has 8 aromatic heterocycles. The number of aryl methyl sites for hydroxylation is 5. The van der Waals surface area contributed by atoms with Crippen molar-refractivity contribution in [3.63, 3.8) is 0 Å². The average Bonchev–Trinajstić information content (AvgIpc) is 3.90. The third-order valence-corrected chi connectivity index (χ3v) is 10.4. The first-order valence-electron chi connectivity index (χ1n) is 16.3. The highest BCUT2D eigenvalue weighted by molar-refractivity contribution is 7.98. The maximum absolute atomic E-state index is 11.4. The number of Topliss-reactive ketones (excluding diaryl/α,β-unsaturated/α-hetero) is 1. The summed E-state index contributed by atoms with van der Waals surface area (Å²) < 4.78 is 22.8. The molecule has 0 fully saturated rings. The Bertz CT molecular complexity index is 2500. The van der Waals surface area contributed by atoms with Crippen LogP contribution in [0.1, 0.15) is 52.0 Å². The molecule has 0 aliphatic rings. The van der Waals surface area contributed by atoms with E-state index in [1.165, 1.54) is 44.8 Å². The Morgan fingerprint density at radius 1 is 0.647 bits per heavy atom. The predicted octanol–water partition coefficient (Wildman–Crippen LogP) is 8.38. The van der Waals surface area contributed by atoms with Crippen molar-refractivity contribution in [1.29, 1.82) is 0 Å². The van der Waals surface area contributed by atoms with E-state index in [-0.39, 0.29) is 5.78 Å². The van der Waals surface area contributed by atoms with E-state index in [0.29, 0.717) is 15.9 Å². The van der Waals surface area contributed by atoms with Gasteiger partial charge in [0.25, 0.3) is 0 Å². The zero-order valence-electron chi connectivity index (χ0n) is 30.0. The van der Waals surface area contributed by atoms with Crippen LogP contribution in [0.2, 0.25) is 0 Å². The molecule has 0 amide bonds. The van der Waals surface area contributed by atoms with Gasteiger partial charge >= 0.3 is 0 Å². The number of pyridine rings is 4. The maximum Gasteiger partial charge on any atom is 0.177 e. The molecule has 0 radical (unpaired) electrons. The Morgan fingerprint density at radius 3 is 1.61 bits per heavy atom. The fourth-order valence-electron chi connectivity index (χ4n) is 5.90. The number of carbonyl (C=O) groups is 1. The van der Waals surface area contributed by atoms with Crippen LogP contribution in [0, 0.1) is 27.7 Å². The van der Waals surface area contributed by atoms with Gasteiger partial charge in [-0.2, -0.15) is 0 Å². The Labute approximate surface area is 301 Å². The molecular weight excluding hydrogens is 681 g/mol. The molecule has 0 unspecified atom stereocenters. The number of aromatic amines is 4. The lowest BCUT2D eigenvalue weighted by Gasteiger charge is -1.98. The number of rotatable bonds is 4. The summed E-state index contributed by atoms with van der Waals surface area (Å²) in [6.45, 7) is 11.8. The third kappa shape index (κ3) is 8.05. The van der Waals surface area contributed by atoms with E-state index in [4.69, 9.17) is 0 Å². The highest BCUT2D eigenvalue weighted by Gasteiger charge is 2.15. The molecule has 0 aliphatic heterocycles. The van der Waals surface area contributed by atoms with Crippen molar-refractivity contribution in [3.8, 4) is 0 Å². The van der Waals surface area contributed by atoms with Gasteiger partial charge in [0, 0.05) is 87.8 Å². The van der Waals surface area contributed by atoms with Crippen LogP contribution in [0.3, 0.4) is 0 Å². The quantitative estimate of drug-likeness (QED) is 0.104. The molecule has 13 heteroatoms. The van der Waals surface area contributed by atoms with E-state index < -0.39 is 9.84 Å². The highest BCUT2D eigenvalue weighted by Crippen LogP contribution is 2.27. The highest BCUT2D eigenvalue weighted by atomic mass is 32.2. The van der Waals surface area contributed by atoms with Crippen LogP contribution in [0.4, 0.5) is 0 Å². The zero-order valence-corrected chi connectivity index (χ0v) is 31.6.